The lowest BCUT2D eigenvalue weighted by Gasteiger charge is -2.34. The molecule has 0 spiro atoms. The van der Waals surface area contributed by atoms with Crippen molar-refractivity contribution in [2.45, 2.75) is 25.6 Å². The van der Waals surface area contributed by atoms with Gasteiger partial charge in [-0.3, -0.25) is 9.58 Å². The van der Waals surface area contributed by atoms with Gasteiger partial charge in [0.1, 0.15) is 0 Å². The molecule has 1 N–H and O–H groups in total. The smallest absolute Gasteiger partial charge is 0.208 e. The zero-order valence-electron chi connectivity index (χ0n) is 14.1. The SMILES string of the molecule is CS(=O)(=O)NCC[C@H]1CN(Cc2ccccc2C#N)Cc2ccnn21. The highest BCUT2D eigenvalue weighted by Gasteiger charge is 2.25. The summed E-state index contributed by atoms with van der Waals surface area (Å²) in [5, 5.41) is 13.7. The number of rotatable bonds is 6. The Morgan fingerprint density at radius 2 is 2.16 bits per heavy atom. The van der Waals surface area contributed by atoms with Crippen LogP contribution in [0.25, 0.3) is 0 Å². The van der Waals surface area contributed by atoms with Crippen molar-refractivity contribution in [3.63, 3.8) is 0 Å². The van der Waals surface area contributed by atoms with Crippen LogP contribution in [0.4, 0.5) is 0 Å². The maximum absolute atomic E-state index is 11.3. The van der Waals surface area contributed by atoms with E-state index in [1.165, 1.54) is 6.26 Å². The van der Waals surface area contributed by atoms with Gasteiger partial charge in [-0.15, -0.1) is 0 Å². The minimum atomic E-state index is -3.19. The molecule has 0 amide bonds. The third-order valence-electron chi connectivity index (χ3n) is 4.33. The average Bonchev–Trinajstić information content (AvgIpc) is 3.03. The van der Waals surface area contributed by atoms with Crippen molar-refractivity contribution in [1.29, 1.82) is 5.26 Å². The van der Waals surface area contributed by atoms with Crippen LogP contribution in [0.5, 0.6) is 0 Å². The van der Waals surface area contributed by atoms with Crippen molar-refractivity contribution in [3.8, 4) is 6.07 Å². The van der Waals surface area contributed by atoms with Crippen molar-refractivity contribution in [2.75, 3.05) is 19.3 Å². The molecule has 7 nitrogen and oxygen atoms in total. The van der Waals surface area contributed by atoms with Crippen LogP contribution in [0.2, 0.25) is 0 Å². The van der Waals surface area contributed by atoms with E-state index >= 15 is 0 Å². The molecule has 0 aliphatic carbocycles. The minimum Gasteiger partial charge on any atom is -0.291 e. The van der Waals surface area contributed by atoms with E-state index in [4.69, 9.17) is 0 Å². The average molecular weight is 359 g/mol. The Morgan fingerprint density at radius 3 is 2.92 bits per heavy atom. The summed E-state index contributed by atoms with van der Waals surface area (Å²) in [5.41, 5.74) is 2.80. The lowest BCUT2D eigenvalue weighted by atomic mass is 10.1. The minimum absolute atomic E-state index is 0.0993. The Balaban J connectivity index is 1.72. The molecule has 8 heteroatoms. The third kappa shape index (κ3) is 4.45. The monoisotopic (exact) mass is 359 g/mol. The van der Waals surface area contributed by atoms with Crippen molar-refractivity contribution in [1.82, 2.24) is 19.4 Å². The predicted molar refractivity (Wildman–Crippen MR) is 94.0 cm³/mol. The standard InChI is InChI=1S/C17H21N5O2S/c1-25(23,24)20-9-7-17-13-21(12-16-6-8-19-22(16)17)11-15-5-3-2-4-14(15)10-18/h2-6,8,17,20H,7,9,11-13H2,1H3/t17-/m0/s1. The molecule has 1 aromatic heterocycles. The molecule has 0 saturated heterocycles. The van der Waals surface area contributed by atoms with Gasteiger partial charge in [-0.2, -0.15) is 10.4 Å². The van der Waals surface area contributed by atoms with Gasteiger partial charge in [0.05, 0.1) is 29.6 Å². The highest BCUT2D eigenvalue weighted by atomic mass is 32.2. The van der Waals surface area contributed by atoms with Crippen molar-refractivity contribution < 1.29 is 8.42 Å². The number of nitrogens with zero attached hydrogens (tertiary/aromatic N) is 4. The summed E-state index contributed by atoms with van der Waals surface area (Å²) >= 11 is 0. The van der Waals surface area contributed by atoms with Gasteiger partial charge in [-0.05, 0) is 24.1 Å². The van der Waals surface area contributed by atoms with Crippen LogP contribution in [0.15, 0.2) is 36.5 Å². The Morgan fingerprint density at radius 1 is 1.36 bits per heavy atom. The molecular weight excluding hydrogens is 338 g/mol. The van der Waals surface area contributed by atoms with Crippen LogP contribution in [0.3, 0.4) is 0 Å². The predicted octanol–water partition coefficient (Wildman–Crippen LogP) is 1.25. The second-order valence-electron chi connectivity index (χ2n) is 6.31. The van der Waals surface area contributed by atoms with E-state index in [9.17, 15) is 13.7 Å². The van der Waals surface area contributed by atoms with Gasteiger partial charge in [0.15, 0.2) is 0 Å². The zero-order valence-corrected chi connectivity index (χ0v) is 14.9. The highest BCUT2D eigenvalue weighted by molar-refractivity contribution is 7.88. The first-order valence-corrected chi connectivity index (χ1v) is 10.0. The molecule has 0 saturated carbocycles. The molecule has 3 rings (SSSR count). The van der Waals surface area contributed by atoms with Gasteiger partial charge < -0.3 is 0 Å². The quantitative estimate of drug-likeness (QED) is 0.838. The number of benzene rings is 1. The molecule has 0 fully saturated rings. The Hall–Kier alpha value is -2.21. The van der Waals surface area contributed by atoms with E-state index in [-0.39, 0.29) is 6.04 Å². The molecule has 1 atom stereocenters. The van der Waals surface area contributed by atoms with Crippen molar-refractivity contribution in [3.05, 3.63) is 53.3 Å². The molecule has 0 unspecified atom stereocenters. The lowest BCUT2D eigenvalue weighted by Crippen LogP contribution is -2.39. The van der Waals surface area contributed by atoms with E-state index in [2.05, 4.69) is 20.8 Å². The first-order chi connectivity index (χ1) is 12.0. The van der Waals surface area contributed by atoms with Gasteiger partial charge in [-0.25, -0.2) is 13.1 Å². The van der Waals surface area contributed by atoms with Crippen LogP contribution in [0, 0.1) is 11.3 Å². The van der Waals surface area contributed by atoms with Gasteiger partial charge in [0.2, 0.25) is 10.0 Å². The topological polar surface area (TPSA) is 91.0 Å². The zero-order chi connectivity index (χ0) is 17.9. The van der Waals surface area contributed by atoms with E-state index in [0.29, 0.717) is 25.1 Å². The Bertz CT molecular complexity index is 884. The molecule has 1 aliphatic heterocycles. The second-order valence-corrected chi connectivity index (χ2v) is 8.15. The molecule has 1 aromatic carbocycles. The summed E-state index contributed by atoms with van der Waals surface area (Å²) in [6.45, 7) is 2.59. The van der Waals surface area contributed by atoms with Crippen molar-refractivity contribution in [2.24, 2.45) is 0 Å². The Kier molecular flexibility index (Phi) is 5.18. The summed E-state index contributed by atoms with van der Waals surface area (Å²) in [6.07, 6.45) is 3.61. The van der Waals surface area contributed by atoms with Crippen LogP contribution < -0.4 is 4.72 Å². The van der Waals surface area contributed by atoms with E-state index in [0.717, 1.165) is 24.3 Å². The number of nitriles is 1. The number of hydrogen-bond acceptors (Lipinski definition) is 5. The highest BCUT2D eigenvalue weighted by Crippen LogP contribution is 2.24. The van der Waals surface area contributed by atoms with Crippen molar-refractivity contribution >= 4 is 10.0 Å². The fraction of sp³-hybridized carbons (Fsp3) is 0.412. The third-order valence-corrected chi connectivity index (χ3v) is 5.05. The molecule has 2 aromatic rings. The normalized spacial score (nSPS) is 17.8. The fourth-order valence-electron chi connectivity index (χ4n) is 3.22. The number of sulfonamides is 1. The molecule has 132 valence electrons. The molecule has 1 aliphatic rings. The van der Waals surface area contributed by atoms with Crippen LogP contribution in [-0.4, -0.2) is 42.4 Å². The summed E-state index contributed by atoms with van der Waals surface area (Å²) in [4.78, 5) is 2.28. The molecule has 25 heavy (non-hydrogen) atoms. The van der Waals surface area contributed by atoms with Crippen LogP contribution >= 0.6 is 0 Å². The summed E-state index contributed by atoms with van der Waals surface area (Å²) in [7, 11) is -3.19. The number of aromatic nitrogens is 2. The fourth-order valence-corrected chi connectivity index (χ4v) is 3.71. The summed E-state index contributed by atoms with van der Waals surface area (Å²) in [6, 6.07) is 11.9. The van der Waals surface area contributed by atoms with Crippen LogP contribution in [-0.2, 0) is 23.1 Å². The lowest BCUT2D eigenvalue weighted by molar-refractivity contribution is 0.162. The van der Waals surface area contributed by atoms with E-state index < -0.39 is 10.0 Å². The number of fused-ring (bicyclic) bond motifs is 1. The maximum atomic E-state index is 11.3. The van der Waals surface area contributed by atoms with Crippen LogP contribution in [0.1, 0.15) is 29.3 Å². The van der Waals surface area contributed by atoms with Gasteiger partial charge >= 0.3 is 0 Å². The van der Waals surface area contributed by atoms with Gasteiger partial charge in [0.25, 0.3) is 0 Å². The molecule has 2 heterocycles. The number of hydrogen-bond donors (Lipinski definition) is 1. The van der Waals surface area contributed by atoms with Gasteiger partial charge in [0, 0.05) is 32.4 Å². The molecule has 0 radical (unpaired) electrons. The first-order valence-electron chi connectivity index (χ1n) is 8.13. The second kappa shape index (κ2) is 7.35. The van der Waals surface area contributed by atoms with E-state index in [1.807, 2.05) is 35.0 Å². The molecular formula is C17H21N5O2S. The van der Waals surface area contributed by atoms with E-state index in [1.54, 1.807) is 6.20 Å². The molecule has 0 bridgehead atoms. The summed E-state index contributed by atoms with van der Waals surface area (Å²) in [5.74, 6) is 0. The first kappa shape index (κ1) is 17.6. The number of nitrogens with one attached hydrogen (secondary N) is 1. The maximum Gasteiger partial charge on any atom is 0.208 e. The van der Waals surface area contributed by atoms with Gasteiger partial charge in [-0.1, -0.05) is 18.2 Å². The summed E-state index contributed by atoms with van der Waals surface area (Å²) < 4.78 is 27.1. The largest absolute Gasteiger partial charge is 0.291 e. The Labute approximate surface area is 147 Å².